The molecule has 0 aliphatic heterocycles. The number of aliphatic hydroxyl groups excluding tert-OH is 1. The van der Waals surface area contributed by atoms with Gasteiger partial charge in [0.25, 0.3) is 5.22 Å². The van der Waals surface area contributed by atoms with E-state index in [0.29, 0.717) is 5.22 Å². The fourth-order valence-corrected chi connectivity index (χ4v) is 1.62. The molecule has 1 heterocycles. The van der Waals surface area contributed by atoms with E-state index >= 15 is 0 Å². The van der Waals surface area contributed by atoms with E-state index in [0.717, 1.165) is 17.9 Å². The minimum Gasteiger partial charge on any atom is -0.436 e. The van der Waals surface area contributed by atoms with Crippen LogP contribution in [0.5, 0.6) is 0 Å². The number of thioether (sulfide) groups is 1. The van der Waals surface area contributed by atoms with Gasteiger partial charge in [-0.25, -0.2) is 4.98 Å². The second-order valence-electron chi connectivity index (χ2n) is 4.17. The smallest absolute Gasteiger partial charge is 0.255 e. The van der Waals surface area contributed by atoms with Crippen molar-refractivity contribution in [1.82, 2.24) is 4.98 Å². The van der Waals surface area contributed by atoms with Crippen LogP contribution in [0, 0.1) is 0 Å². The molecule has 4 heteroatoms. The Balaban J connectivity index is 2.51. The van der Waals surface area contributed by atoms with Crippen LogP contribution in [-0.2, 0) is 5.41 Å². The summed E-state index contributed by atoms with van der Waals surface area (Å²) in [6.07, 6.45) is 2.55. The van der Waals surface area contributed by atoms with E-state index in [1.54, 1.807) is 18.0 Å². The van der Waals surface area contributed by atoms with Crippen molar-refractivity contribution in [3.8, 4) is 0 Å². The fourth-order valence-electron chi connectivity index (χ4n) is 0.896. The third kappa shape index (κ3) is 3.35. The van der Waals surface area contributed by atoms with Gasteiger partial charge in [0, 0.05) is 17.8 Å². The summed E-state index contributed by atoms with van der Waals surface area (Å²) in [6.45, 7) is 6.50. The molecule has 0 aliphatic rings. The van der Waals surface area contributed by atoms with Crippen molar-refractivity contribution in [2.45, 2.75) is 37.8 Å². The summed E-state index contributed by atoms with van der Waals surface area (Å²) in [5, 5.41) is 9.31. The van der Waals surface area contributed by atoms with E-state index in [-0.39, 0.29) is 12.0 Å². The molecule has 0 spiro atoms. The summed E-state index contributed by atoms with van der Waals surface area (Å²) in [7, 11) is 0. The number of aromatic nitrogens is 1. The van der Waals surface area contributed by atoms with Crippen LogP contribution in [0.1, 0.15) is 33.0 Å². The molecule has 80 valence electrons. The van der Waals surface area contributed by atoms with Crippen molar-refractivity contribution in [2.75, 3.05) is 12.4 Å². The van der Waals surface area contributed by atoms with Gasteiger partial charge in [-0.05, 0) is 6.42 Å². The number of nitrogens with zero attached hydrogens (tertiary/aromatic N) is 1. The maximum Gasteiger partial charge on any atom is 0.255 e. The summed E-state index contributed by atoms with van der Waals surface area (Å²) >= 11 is 1.54. The van der Waals surface area contributed by atoms with Crippen LogP contribution < -0.4 is 0 Å². The van der Waals surface area contributed by atoms with E-state index in [9.17, 15) is 0 Å². The molecule has 14 heavy (non-hydrogen) atoms. The summed E-state index contributed by atoms with van der Waals surface area (Å²) in [6, 6.07) is 0. The molecular formula is C10H17NO2S. The number of oxazole rings is 1. The van der Waals surface area contributed by atoms with E-state index in [4.69, 9.17) is 9.52 Å². The zero-order valence-corrected chi connectivity index (χ0v) is 9.73. The van der Waals surface area contributed by atoms with Crippen molar-refractivity contribution in [3.05, 3.63) is 12.0 Å². The number of hydrogen-bond acceptors (Lipinski definition) is 4. The standard InChI is InChI=1S/C10H17NO2S/c1-10(2,3)8-7-11-9(13-8)14-6-4-5-12/h7,12H,4-6H2,1-3H3. The van der Waals surface area contributed by atoms with Crippen LogP contribution in [0.4, 0.5) is 0 Å². The maximum absolute atomic E-state index is 8.61. The zero-order chi connectivity index (χ0) is 10.6. The molecule has 1 aromatic rings. The van der Waals surface area contributed by atoms with Crippen LogP contribution in [0.25, 0.3) is 0 Å². The van der Waals surface area contributed by atoms with Crippen molar-refractivity contribution < 1.29 is 9.52 Å². The van der Waals surface area contributed by atoms with Crippen LogP contribution in [0.2, 0.25) is 0 Å². The largest absolute Gasteiger partial charge is 0.436 e. The number of aliphatic hydroxyl groups is 1. The molecule has 1 N–H and O–H groups in total. The highest BCUT2D eigenvalue weighted by atomic mass is 32.2. The molecule has 0 aromatic carbocycles. The molecule has 0 saturated carbocycles. The van der Waals surface area contributed by atoms with Crippen LogP contribution in [0.3, 0.4) is 0 Å². The Morgan fingerprint density at radius 2 is 2.21 bits per heavy atom. The van der Waals surface area contributed by atoms with Gasteiger partial charge in [0.1, 0.15) is 5.76 Å². The van der Waals surface area contributed by atoms with Gasteiger partial charge >= 0.3 is 0 Å². The van der Waals surface area contributed by atoms with Crippen molar-refractivity contribution in [1.29, 1.82) is 0 Å². The first kappa shape index (κ1) is 11.6. The quantitative estimate of drug-likeness (QED) is 0.619. The van der Waals surface area contributed by atoms with E-state index in [1.807, 2.05) is 0 Å². The molecule has 0 unspecified atom stereocenters. The molecule has 0 saturated heterocycles. The monoisotopic (exact) mass is 215 g/mol. The minimum absolute atomic E-state index is 0.0167. The highest BCUT2D eigenvalue weighted by Gasteiger charge is 2.19. The molecule has 0 bridgehead atoms. The summed E-state index contributed by atoms with van der Waals surface area (Å²) in [5.74, 6) is 1.75. The summed E-state index contributed by atoms with van der Waals surface area (Å²) in [4.78, 5) is 4.17. The van der Waals surface area contributed by atoms with Gasteiger partial charge in [-0.15, -0.1) is 0 Å². The average Bonchev–Trinajstić information content (AvgIpc) is 2.52. The molecule has 1 aromatic heterocycles. The Morgan fingerprint density at radius 3 is 2.71 bits per heavy atom. The van der Waals surface area contributed by atoms with Gasteiger partial charge in [0.2, 0.25) is 0 Å². The Hall–Kier alpha value is -0.480. The first-order valence-electron chi connectivity index (χ1n) is 4.74. The summed E-state index contributed by atoms with van der Waals surface area (Å²) in [5.41, 5.74) is 0.0167. The fraction of sp³-hybridized carbons (Fsp3) is 0.700. The predicted octanol–water partition coefficient (Wildman–Crippen LogP) is 2.45. The Bertz CT molecular complexity index is 278. The lowest BCUT2D eigenvalue weighted by molar-refractivity contribution is 0.296. The Labute approximate surface area is 88.9 Å². The molecule has 1 rings (SSSR count). The second kappa shape index (κ2) is 4.84. The topological polar surface area (TPSA) is 46.3 Å². The third-order valence-electron chi connectivity index (χ3n) is 1.75. The highest BCUT2D eigenvalue weighted by molar-refractivity contribution is 7.99. The predicted molar refractivity (Wildman–Crippen MR) is 57.6 cm³/mol. The SMILES string of the molecule is CC(C)(C)c1cnc(SCCCO)o1. The first-order chi connectivity index (χ1) is 6.54. The normalized spacial score (nSPS) is 12.0. The number of hydrogen-bond donors (Lipinski definition) is 1. The molecule has 3 nitrogen and oxygen atoms in total. The molecule has 0 amide bonds. The maximum atomic E-state index is 8.61. The van der Waals surface area contributed by atoms with Crippen LogP contribution in [0.15, 0.2) is 15.8 Å². The van der Waals surface area contributed by atoms with Gasteiger partial charge < -0.3 is 9.52 Å². The Kier molecular flexibility index (Phi) is 4.01. The van der Waals surface area contributed by atoms with Crippen molar-refractivity contribution in [3.63, 3.8) is 0 Å². The second-order valence-corrected chi connectivity index (χ2v) is 5.21. The van der Waals surface area contributed by atoms with Gasteiger partial charge in [-0.3, -0.25) is 0 Å². The van der Waals surface area contributed by atoms with Crippen molar-refractivity contribution >= 4 is 11.8 Å². The molecule has 0 atom stereocenters. The number of rotatable bonds is 4. The van der Waals surface area contributed by atoms with E-state index in [2.05, 4.69) is 25.8 Å². The lowest BCUT2D eigenvalue weighted by atomic mass is 9.94. The Morgan fingerprint density at radius 1 is 1.50 bits per heavy atom. The zero-order valence-electron chi connectivity index (χ0n) is 8.91. The van der Waals surface area contributed by atoms with Gasteiger partial charge in [0.15, 0.2) is 0 Å². The molecule has 0 radical (unpaired) electrons. The lowest BCUT2D eigenvalue weighted by Crippen LogP contribution is -2.09. The summed E-state index contributed by atoms with van der Waals surface area (Å²) < 4.78 is 5.56. The van der Waals surface area contributed by atoms with Crippen LogP contribution >= 0.6 is 11.8 Å². The van der Waals surface area contributed by atoms with Crippen LogP contribution in [-0.4, -0.2) is 22.5 Å². The third-order valence-corrected chi connectivity index (χ3v) is 2.68. The van der Waals surface area contributed by atoms with E-state index < -0.39 is 0 Å². The minimum atomic E-state index is 0.0167. The lowest BCUT2D eigenvalue weighted by Gasteiger charge is -2.12. The average molecular weight is 215 g/mol. The van der Waals surface area contributed by atoms with E-state index in [1.165, 1.54) is 0 Å². The molecule has 0 aliphatic carbocycles. The van der Waals surface area contributed by atoms with Gasteiger partial charge in [-0.2, -0.15) is 0 Å². The molecular weight excluding hydrogens is 198 g/mol. The van der Waals surface area contributed by atoms with Gasteiger partial charge in [0.05, 0.1) is 6.20 Å². The van der Waals surface area contributed by atoms with Gasteiger partial charge in [-0.1, -0.05) is 32.5 Å². The first-order valence-corrected chi connectivity index (χ1v) is 5.72. The highest BCUT2D eigenvalue weighted by Crippen LogP contribution is 2.26. The van der Waals surface area contributed by atoms with Crippen molar-refractivity contribution in [2.24, 2.45) is 0 Å². The molecule has 0 fully saturated rings.